The average molecular weight is 322 g/mol. The summed E-state index contributed by atoms with van der Waals surface area (Å²) in [5.41, 5.74) is 0. The van der Waals surface area contributed by atoms with E-state index in [4.69, 9.17) is 5.11 Å². The Morgan fingerprint density at radius 3 is 2.00 bits per heavy atom. The number of aliphatic carboxylic acids is 1. The number of nitrogens with zero attached hydrogens (tertiary/aromatic N) is 2. The quantitative estimate of drug-likeness (QED) is 0.797. The Morgan fingerprint density at radius 1 is 1.04 bits per heavy atom. The molecule has 2 amide bonds. The van der Waals surface area contributed by atoms with Gasteiger partial charge in [-0.2, -0.15) is 0 Å². The monoisotopic (exact) mass is 322 g/mol. The van der Waals surface area contributed by atoms with Gasteiger partial charge in [0.05, 0.1) is 12.5 Å². The molecule has 0 spiro atoms. The van der Waals surface area contributed by atoms with Crippen LogP contribution in [0.4, 0.5) is 0 Å². The van der Waals surface area contributed by atoms with Crippen LogP contribution < -0.4 is 0 Å². The van der Waals surface area contributed by atoms with Crippen molar-refractivity contribution in [1.82, 2.24) is 9.80 Å². The lowest BCUT2D eigenvalue weighted by molar-refractivity contribution is -0.147. The molecule has 1 aliphatic heterocycles. The molecule has 6 nitrogen and oxygen atoms in total. The molecular weight excluding hydrogens is 296 g/mol. The molecule has 0 aromatic carbocycles. The van der Waals surface area contributed by atoms with Gasteiger partial charge in [-0.05, 0) is 50.4 Å². The van der Waals surface area contributed by atoms with Gasteiger partial charge in [-0.1, -0.05) is 0 Å². The van der Waals surface area contributed by atoms with Crippen LogP contribution in [-0.2, 0) is 14.4 Å². The van der Waals surface area contributed by atoms with Gasteiger partial charge in [-0.3, -0.25) is 14.4 Å². The highest BCUT2D eigenvalue weighted by Crippen LogP contribution is 2.49. The normalized spacial score (nSPS) is 22.3. The van der Waals surface area contributed by atoms with Crippen molar-refractivity contribution in [1.29, 1.82) is 0 Å². The van der Waals surface area contributed by atoms with E-state index in [1.807, 2.05) is 0 Å². The minimum atomic E-state index is -0.777. The Bertz CT molecular complexity index is 479. The number of amides is 2. The van der Waals surface area contributed by atoms with Crippen molar-refractivity contribution >= 4 is 17.8 Å². The third-order valence-electron chi connectivity index (χ3n) is 5.49. The number of carbonyl (C=O) groups is 3. The molecule has 3 aliphatic rings. The van der Waals surface area contributed by atoms with Crippen LogP contribution in [0.1, 0.15) is 38.5 Å². The van der Waals surface area contributed by atoms with Gasteiger partial charge in [-0.15, -0.1) is 0 Å². The highest BCUT2D eigenvalue weighted by Gasteiger charge is 2.46. The second-order valence-electron chi connectivity index (χ2n) is 7.39. The molecule has 2 aliphatic carbocycles. The van der Waals surface area contributed by atoms with E-state index in [9.17, 15) is 14.4 Å². The first-order chi connectivity index (χ1) is 11.0. The number of hydrogen-bond acceptors (Lipinski definition) is 3. The van der Waals surface area contributed by atoms with Gasteiger partial charge >= 0.3 is 5.97 Å². The van der Waals surface area contributed by atoms with Gasteiger partial charge < -0.3 is 14.9 Å². The van der Waals surface area contributed by atoms with Crippen LogP contribution in [0, 0.1) is 23.7 Å². The number of piperidine rings is 1. The molecule has 1 heterocycles. The number of rotatable bonds is 6. The predicted octanol–water partition coefficient (Wildman–Crippen LogP) is 1.20. The Hall–Kier alpha value is -1.59. The van der Waals surface area contributed by atoms with E-state index in [1.54, 1.807) is 16.8 Å². The fourth-order valence-electron chi connectivity index (χ4n) is 3.71. The van der Waals surface area contributed by atoms with Crippen molar-refractivity contribution in [2.75, 3.05) is 26.7 Å². The van der Waals surface area contributed by atoms with Gasteiger partial charge in [0.15, 0.2) is 0 Å². The van der Waals surface area contributed by atoms with Gasteiger partial charge in [0.1, 0.15) is 0 Å². The van der Waals surface area contributed by atoms with E-state index in [2.05, 4.69) is 0 Å². The Kier molecular flexibility index (Phi) is 4.60. The topological polar surface area (TPSA) is 77.9 Å². The molecule has 1 saturated heterocycles. The Labute approximate surface area is 136 Å². The summed E-state index contributed by atoms with van der Waals surface area (Å²) in [4.78, 5) is 39.3. The van der Waals surface area contributed by atoms with Crippen molar-refractivity contribution in [3.63, 3.8) is 0 Å². The summed E-state index contributed by atoms with van der Waals surface area (Å²) in [6.45, 7) is 1.07. The lowest BCUT2D eigenvalue weighted by atomic mass is 9.96. The zero-order valence-corrected chi connectivity index (χ0v) is 13.7. The molecule has 1 N–H and O–H groups in total. The standard InChI is InChI=1S/C17H26N2O4/c1-18(16(21)15(11-2-3-11)12-4-5-12)10-14(20)19-8-6-13(7-9-19)17(22)23/h11-13,15H,2-10H2,1H3,(H,22,23). The van der Waals surface area contributed by atoms with Crippen molar-refractivity contribution < 1.29 is 19.5 Å². The maximum absolute atomic E-state index is 12.6. The molecule has 3 rings (SSSR count). The molecule has 2 saturated carbocycles. The summed E-state index contributed by atoms with van der Waals surface area (Å²) in [5.74, 6) is 0.163. The maximum atomic E-state index is 12.6. The lowest BCUT2D eigenvalue weighted by Crippen LogP contribution is -2.46. The summed E-state index contributed by atoms with van der Waals surface area (Å²) in [6, 6.07) is 0. The minimum Gasteiger partial charge on any atom is -0.481 e. The van der Waals surface area contributed by atoms with Crippen molar-refractivity contribution in [2.45, 2.75) is 38.5 Å². The van der Waals surface area contributed by atoms with Crippen molar-refractivity contribution in [3.05, 3.63) is 0 Å². The maximum Gasteiger partial charge on any atom is 0.306 e. The summed E-state index contributed by atoms with van der Waals surface area (Å²) in [7, 11) is 1.72. The highest BCUT2D eigenvalue weighted by atomic mass is 16.4. The molecule has 3 fully saturated rings. The van der Waals surface area contributed by atoms with Crippen LogP contribution in [0.2, 0.25) is 0 Å². The van der Waals surface area contributed by atoms with Gasteiger partial charge in [-0.25, -0.2) is 0 Å². The van der Waals surface area contributed by atoms with Gasteiger partial charge in [0, 0.05) is 26.1 Å². The smallest absolute Gasteiger partial charge is 0.306 e. The minimum absolute atomic E-state index is 0.0602. The SMILES string of the molecule is CN(CC(=O)N1CCC(C(=O)O)CC1)C(=O)C(C1CC1)C1CC1. The molecule has 0 bridgehead atoms. The first-order valence-corrected chi connectivity index (χ1v) is 8.73. The first kappa shape index (κ1) is 16.3. The average Bonchev–Trinajstić information content (AvgIpc) is 3.42. The summed E-state index contributed by atoms with van der Waals surface area (Å²) < 4.78 is 0. The summed E-state index contributed by atoms with van der Waals surface area (Å²) in [5, 5.41) is 9.00. The summed E-state index contributed by atoms with van der Waals surface area (Å²) >= 11 is 0. The molecule has 0 atom stereocenters. The molecule has 6 heteroatoms. The van der Waals surface area contributed by atoms with Crippen LogP contribution in [0.3, 0.4) is 0 Å². The van der Waals surface area contributed by atoms with E-state index < -0.39 is 5.97 Å². The predicted molar refractivity (Wildman–Crippen MR) is 83.5 cm³/mol. The van der Waals surface area contributed by atoms with Gasteiger partial charge in [0.2, 0.25) is 11.8 Å². The van der Waals surface area contributed by atoms with E-state index in [0.717, 1.165) is 25.7 Å². The van der Waals surface area contributed by atoms with Crippen molar-refractivity contribution in [3.8, 4) is 0 Å². The number of hydrogen-bond donors (Lipinski definition) is 1. The zero-order chi connectivity index (χ0) is 16.6. The third kappa shape index (κ3) is 3.85. The van der Waals surface area contributed by atoms with E-state index in [0.29, 0.717) is 37.8 Å². The largest absolute Gasteiger partial charge is 0.481 e. The van der Waals surface area contributed by atoms with Crippen LogP contribution in [-0.4, -0.2) is 59.4 Å². The first-order valence-electron chi connectivity index (χ1n) is 8.73. The molecule has 23 heavy (non-hydrogen) atoms. The Morgan fingerprint density at radius 2 is 1.57 bits per heavy atom. The molecular formula is C17H26N2O4. The fourth-order valence-corrected chi connectivity index (χ4v) is 3.71. The second-order valence-corrected chi connectivity index (χ2v) is 7.39. The number of carboxylic acid groups (broad SMARTS) is 1. The molecule has 128 valence electrons. The third-order valence-corrected chi connectivity index (χ3v) is 5.49. The van der Waals surface area contributed by atoms with Crippen LogP contribution in [0.25, 0.3) is 0 Å². The number of likely N-dealkylation sites (N-methyl/N-ethyl adjacent to an activating group) is 1. The van der Waals surface area contributed by atoms with E-state index in [1.165, 1.54) is 0 Å². The fraction of sp³-hybridized carbons (Fsp3) is 0.824. The number of carboxylic acids is 1. The zero-order valence-electron chi connectivity index (χ0n) is 13.7. The lowest BCUT2D eigenvalue weighted by Gasteiger charge is -2.32. The number of carbonyl (C=O) groups excluding carboxylic acids is 2. The van der Waals surface area contributed by atoms with E-state index >= 15 is 0 Å². The van der Waals surface area contributed by atoms with Crippen molar-refractivity contribution in [2.24, 2.45) is 23.7 Å². The molecule has 0 aromatic heterocycles. The van der Waals surface area contributed by atoms with E-state index in [-0.39, 0.29) is 30.2 Å². The molecule has 0 unspecified atom stereocenters. The van der Waals surface area contributed by atoms with Crippen LogP contribution in [0.15, 0.2) is 0 Å². The molecule has 0 aromatic rings. The highest BCUT2D eigenvalue weighted by molar-refractivity contribution is 5.86. The van der Waals surface area contributed by atoms with Gasteiger partial charge in [0.25, 0.3) is 0 Å². The van der Waals surface area contributed by atoms with Crippen LogP contribution in [0.5, 0.6) is 0 Å². The second kappa shape index (κ2) is 6.49. The van der Waals surface area contributed by atoms with Crippen LogP contribution >= 0.6 is 0 Å². The Balaban J connectivity index is 1.49. The number of likely N-dealkylation sites (tertiary alicyclic amines) is 1. The molecule has 0 radical (unpaired) electrons. The summed E-state index contributed by atoms with van der Waals surface area (Å²) in [6.07, 6.45) is 5.61.